The van der Waals surface area contributed by atoms with Crippen molar-refractivity contribution >= 4 is 21.9 Å². The average molecular weight is 335 g/mol. The SMILES string of the molecule is Cc1cc(Br)cc(C)c1OCc1cccc(C(=O)O)c1. The van der Waals surface area contributed by atoms with Gasteiger partial charge in [-0.1, -0.05) is 28.1 Å². The lowest BCUT2D eigenvalue weighted by atomic mass is 10.1. The van der Waals surface area contributed by atoms with Crippen LogP contribution < -0.4 is 4.74 Å². The van der Waals surface area contributed by atoms with Gasteiger partial charge >= 0.3 is 5.97 Å². The predicted molar refractivity (Wildman–Crippen MR) is 81.3 cm³/mol. The Bertz CT molecular complexity index is 627. The van der Waals surface area contributed by atoms with Crippen LogP contribution in [0, 0.1) is 13.8 Å². The maximum absolute atomic E-state index is 10.9. The van der Waals surface area contributed by atoms with Crippen LogP contribution in [0.25, 0.3) is 0 Å². The zero-order chi connectivity index (χ0) is 14.7. The standard InChI is InChI=1S/C16H15BrO3/c1-10-6-14(17)7-11(2)15(10)20-9-12-4-3-5-13(8-12)16(18)19/h3-8H,9H2,1-2H3,(H,18,19). The summed E-state index contributed by atoms with van der Waals surface area (Å²) in [5.41, 5.74) is 3.21. The number of carboxylic acid groups (broad SMARTS) is 1. The molecule has 0 saturated carbocycles. The van der Waals surface area contributed by atoms with Crippen molar-refractivity contribution in [3.63, 3.8) is 0 Å². The Labute approximate surface area is 126 Å². The zero-order valence-corrected chi connectivity index (χ0v) is 12.9. The maximum Gasteiger partial charge on any atom is 0.335 e. The van der Waals surface area contributed by atoms with Crippen LogP contribution in [-0.2, 0) is 6.61 Å². The number of hydrogen-bond acceptors (Lipinski definition) is 2. The fraction of sp³-hybridized carbons (Fsp3) is 0.188. The van der Waals surface area contributed by atoms with Gasteiger partial charge in [-0.25, -0.2) is 4.79 Å². The summed E-state index contributed by atoms with van der Waals surface area (Å²) in [5.74, 6) is -0.0863. The second-order valence-corrected chi connectivity index (χ2v) is 5.58. The molecule has 104 valence electrons. The van der Waals surface area contributed by atoms with Crippen LogP contribution in [-0.4, -0.2) is 11.1 Å². The summed E-state index contributed by atoms with van der Waals surface area (Å²) in [5, 5.41) is 8.97. The van der Waals surface area contributed by atoms with Crippen LogP contribution in [0.4, 0.5) is 0 Å². The van der Waals surface area contributed by atoms with Crippen LogP contribution >= 0.6 is 15.9 Å². The molecule has 3 nitrogen and oxygen atoms in total. The third-order valence-corrected chi connectivity index (χ3v) is 3.44. The minimum atomic E-state index is -0.928. The van der Waals surface area contributed by atoms with Crippen LogP contribution in [0.1, 0.15) is 27.0 Å². The van der Waals surface area contributed by atoms with E-state index in [0.717, 1.165) is 26.9 Å². The van der Waals surface area contributed by atoms with Crippen LogP contribution in [0.15, 0.2) is 40.9 Å². The number of halogens is 1. The van der Waals surface area contributed by atoms with Gasteiger partial charge in [0.05, 0.1) is 5.56 Å². The van der Waals surface area contributed by atoms with Crippen molar-refractivity contribution in [2.24, 2.45) is 0 Å². The molecule has 2 rings (SSSR count). The first-order chi connectivity index (χ1) is 9.47. The van der Waals surface area contributed by atoms with Gasteiger partial charge in [-0.05, 0) is 54.8 Å². The summed E-state index contributed by atoms with van der Waals surface area (Å²) in [6, 6.07) is 10.8. The highest BCUT2D eigenvalue weighted by Crippen LogP contribution is 2.28. The Morgan fingerprint density at radius 3 is 2.45 bits per heavy atom. The van der Waals surface area contributed by atoms with Crippen LogP contribution in [0.2, 0.25) is 0 Å². The van der Waals surface area contributed by atoms with Crippen molar-refractivity contribution in [2.45, 2.75) is 20.5 Å². The van der Waals surface area contributed by atoms with E-state index in [9.17, 15) is 4.79 Å². The van der Waals surface area contributed by atoms with Gasteiger partial charge in [0.2, 0.25) is 0 Å². The third-order valence-electron chi connectivity index (χ3n) is 2.98. The first-order valence-electron chi connectivity index (χ1n) is 6.19. The van der Waals surface area contributed by atoms with E-state index in [4.69, 9.17) is 9.84 Å². The topological polar surface area (TPSA) is 46.5 Å². The van der Waals surface area contributed by atoms with Gasteiger partial charge in [0.1, 0.15) is 12.4 Å². The number of carboxylic acids is 1. The van der Waals surface area contributed by atoms with E-state index < -0.39 is 5.97 Å². The fourth-order valence-corrected chi connectivity index (χ4v) is 2.76. The fourth-order valence-electron chi connectivity index (χ4n) is 2.07. The summed E-state index contributed by atoms with van der Waals surface area (Å²) in [4.78, 5) is 10.9. The molecule has 2 aromatic rings. The van der Waals surface area contributed by atoms with E-state index in [1.54, 1.807) is 18.2 Å². The molecule has 0 saturated heterocycles. The molecule has 0 aliphatic rings. The molecule has 0 spiro atoms. The van der Waals surface area contributed by atoms with E-state index >= 15 is 0 Å². The Balaban J connectivity index is 2.17. The van der Waals surface area contributed by atoms with Gasteiger partial charge in [0.15, 0.2) is 0 Å². The van der Waals surface area contributed by atoms with Gasteiger partial charge in [-0.15, -0.1) is 0 Å². The average Bonchev–Trinajstić information content (AvgIpc) is 2.37. The Morgan fingerprint density at radius 2 is 1.85 bits per heavy atom. The van der Waals surface area contributed by atoms with Crippen LogP contribution in [0.5, 0.6) is 5.75 Å². The highest BCUT2D eigenvalue weighted by Gasteiger charge is 2.07. The molecule has 0 atom stereocenters. The van der Waals surface area contributed by atoms with E-state index in [-0.39, 0.29) is 5.56 Å². The van der Waals surface area contributed by atoms with Crippen molar-refractivity contribution < 1.29 is 14.6 Å². The van der Waals surface area contributed by atoms with Crippen molar-refractivity contribution in [2.75, 3.05) is 0 Å². The lowest BCUT2D eigenvalue weighted by molar-refractivity contribution is 0.0696. The number of ether oxygens (including phenoxy) is 1. The minimum absolute atomic E-state index is 0.273. The first kappa shape index (κ1) is 14.6. The molecule has 0 heterocycles. The lowest BCUT2D eigenvalue weighted by Crippen LogP contribution is -2.02. The number of hydrogen-bond donors (Lipinski definition) is 1. The van der Waals surface area contributed by atoms with Crippen LogP contribution in [0.3, 0.4) is 0 Å². The maximum atomic E-state index is 10.9. The summed E-state index contributed by atoms with van der Waals surface area (Å²) < 4.78 is 6.85. The smallest absolute Gasteiger partial charge is 0.335 e. The van der Waals surface area contributed by atoms with E-state index in [0.29, 0.717) is 6.61 Å². The minimum Gasteiger partial charge on any atom is -0.488 e. The lowest BCUT2D eigenvalue weighted by Gasteiger charge is -2.13. The molecule has 1 N–H and O–H groups in total. The molecule has 0 aliphatic carbocycles. The summed E-state index contributed by atoms with van der Waals surface area (Å²) >= 11 is 3.45. The molecule has 2 aromatic carbocycles. The largest absolute Gasteiger partial charge is 0.488 e. The highest BCUT2D eigenvalue weighted by atomic mass is 79.9. The Kier molecular flexibility index (Phi) is 4.45. The van der Waals surface area contributed by atoms with Crippen molar-refractivity contribution in [1.29, 1.82) is 0 Å². The summed E-state index contributed by atoms with van der Waals surface area (Å²) in [6.45, 7) is 4.33. The van der Waals surface area contributed by atoms with E-state index in [1.807, 2.05) is 32.0 Å². The van der Waals surface area contributed by atoms with Crippen molar-refractivity contribution in [1.82, 2.24) is 0 Å². The molecule has 0 fully saturated rings. The molecular weight excluding hydrogens is 320 g/mol. The summed E-state index contributed by atoms with van der Waals surface area (Å²) in [6.07, 6.45) is 0. The third kappa shape index (κ3) is 3.39. The zero-order valence-electron chi connectivity index (χ0n) is 11.3. The number of carbonyl (C=O) groups is 1. The molecule has 20 heavy (non-hydrogen) atoms. The highest BCUT2D eigenvalue weighted by molar-refractivity contribution is 9.10. The van der Waals surface area contributed by atoms with Gasteiger partial charge < -0.3 is 9.84 Å². The number of rotatable bonds is 4. The van der Waals surface area contributed by atoms with E-state index in [1.165, 1.54) is 0 Å². The van der Waals surface area contributed by atoms with Gasteiger partial charge in [0, 0.05) is 4.47 Å². The Hall–Kier alpha value is -1.81. The normalized spacial score (nSPS) is 10.3. The van der Waals surface area contributed by atoms with Gasteiger partial charge in [-0.3, -0.25) is 0 Å². The van der Waals surface area contributed by atoms with Gasteiger partial charge in [-0.2, -0.15) is 0 Å². The number of aryl methyl sites for hydroxylation is 2. The van der Waals surface area contributed by atoms with Crippen molar-refractivity contribution in [3.05, 3.63) is 63.1 Å². The molecule has 0 bridgehead atoms. The number of benzene rings is 2. The molecule has 0 amide bonds. The molecule has 0 aliphatic heterocycles. The second-order valence-electron chi connectivity index (χ2n) is 4.66. The van der Waals surface area contributed by atoms with E-state index in [2.05, 4.69) is 15.9 Å². The first-order valence-corrected chi connectivity index (χ1v) is 6.98. The number of aromatic carboxylic acids is 1. The van der Waals surface area contributed by atoms with Gasteiger partial charge in [0.25, 0.3) is 0 Å². The molecular formula is C16H15BrO3. The monoisotopic (exact) mass is 334 g/mol. The second kappa shape index (κ2) is 6.09. The van der Waals surface area contributed by atoms with Crippen molar-refractivity contribution in [3.8, 4) is 5.75 Å². The summed E-state index contributed by atoms with van der Waals surface area (Å²) in [7, 11) is 0. The molecule has 0 unspecified atom stereocenters. The predicted octanol–water partition coefficient (Wildman–Crippen LogP) is 4.34. The Morgan fingerprint density at radius 1 is 1.20 bits per heavy atom. The quantitative estimate of drug-likeness (QED) is 0.904. The molecule has 0 aromatic heterocycles. The molecule has 4 heteroatoms. The molecule has 0 radical (unpaired) electrons.